The van der Waals surface area contributed by atoms with Crippen LogP contribution >= 0.6 is 0 Å². The lowest BCUT2D eigenvalue weighted by Crippen LogP contribution is -2.72. The fourth-order valence-electron chi connectivity index (χ4n) is 5.85. The van der Waals surface area contributed by atoms with Crippen molar-refractivity contribution in [2.24, 2.45) is 0 Å². The van der Waals surface area contributed by atoms with Crippen molar-refractivity contribution in [2.45, 2.75) is 0 Å². The van der Waals surface area contributed by atoms with Crippen LogP contribution in [-0.2, 0) is 0 Å². The third kappa shape index (κ3) is 3.07. The summed E-state index contributed by atoms with van der Waals surface area (Å²) in [4.78, 5) is 4.66. The molecule has 0 aliphatic carbocycles. The Balaban J connectivity index is 1.54. The van der Waals surface area contributed by atoms with Crippen molar-refractivity contribution in [3.8, 4) is 28.1 Å². The molecule has 0 unspecified atom stereocenters. The molecule has 4 aromatic carbocycles. The Hall–Kier alpha value is -4.47. The molecule has 7 rings (SSSR count). The molecule has 0 bridgehead atoms. The van der Waals surface area contributed by atoms with Crippen LogP contribution in [-0.4, -0.2) is 17.6 Å². The minimum absolute atomic E-state index is 1.00. The Bertz CT molecular complexity index is 1640. The summed E-state index contributed by atoms with van der Waals surface area (Å²) in [6.07, 6.45) is 6.44. The summed E-state index contributed by atoms with van der Waals surface area (Å²) in [5, 5.41) is 5.68. The molecule has 3 heterocycles. The molecule has 170 valence electrons. The summed E-state index contributed by atoms with van der Waals surface area (Å²) in [5.74, 6) is 0. The quantitative estimate of drug-likeness (QED) is 0.331. The van der Waals surface area contributed by atoms with Crippen molar-refractivity contribution in [2.75, 3.05) is 0 Å². The number of nitrogens with zero attached hydrogens (tertiary/aromatic N) is 2. The number of hydrogen-bond acceptors (Lipinski definition) is 1. The third-order valence-corrected chi connectivity index (χ3v) is 12.2. The van der Waals surface area contributed by atoms with Crippen molar-refractivity contribution in [1.29, 1.82) is 0 Å². The summed E-state index contributed by atoms with van der Waals surface area (Å²) in [5.41, 5.74) is 6.05. The van der Waals surface area contributed by atoms with Gasteiger partial charge in [-0.1, -0.05) is 97.1 Å². The number of pyridine rings is 1. The van der Waals surface area contributed by atoms with Crippen LogP contribution in [0.25, 0.3) is 28.1 Å². The average molecular weight is 477 g/mol. The maximum Gasteiger partial charge on any atom is 0.182 e. The predicted molar refractivity (Wildman–Crippen MR) is 152 cm³/mol. The molecule has 1 aliphatic heterocycles. The molecule has 1 aliphatic rings. The van der Waals surface area contributed by atoms with Crippen LogP contribution in [0.5, 0.6) is 0 Å². The molecule has 2 aromatic heterocycles. The first-order valence-corrected chi connectivity index (χ1v) is 14.3. The van der Waals surface area contributed by atoms with E-state index >= 15 is 0 Å². The first-order chi connectivity index (χ1) is 17.9. The van der Waals surface area contributed by atoms with E-state index in [1.165, 1.54) is 37.6 Å². The van der Waals surface area contributed by atoms with E-state index in [1.54, 1.807) is 0 Å². The van der Waals surface area contributed by atoms with Crippen molar-refractivity contribution in [3.05, 3.63) is 146 Å². The molecule has 0 N–H and O–H groups in total. The lowest BCUT2D eigenvalue weighted by Gasteiger charge is -2.30. The van der Waals surface area contributed by atoms with Gasteiger partial charge in [0.15, 0.2) is 8.07 Å². The van der Waals surface area contributed by atoms with Crippen molar-refractivity contribution >= 4 is 28.8 Å². The number of hydrogen-bond donors (Lipinski definition) is 0. The summed E-state index contributed by atoms with van der Waals surface area (Å²) < 4.78 is 2.26. The van der Waals surface area contributed by atoms with E-state index in [4.69, 9.17) is 0 Å². The fraction of sp³-hybridized carbons (Fsp3) is 0. The summed E-state index contributed by atoms with van der Waals surface area (Å²) in [7, 11) is -2.55. The minimum atomic E-state index is -2.55. The van der Waals surface area contributed by atoms with Gasteiger partial charge in [-0.15, -0.1) is 0 Å². The topological polar surface area (TPSA) is 17.8 Å². The first-order valence-electron chi connectivity index (χ1n) is 12.3. The van der Waals surface area contributed by atoms with Crippen LogP contribution in [0.4, 0.5) is 0 Å². The number of rotatable bonds is 4. The van der Waals surface area contributed by atoms with Crippen LogP contribution in [0.1, 0.15) is 0 Å². The molecule has 2 nitrogen and oxygen atoms in total. The van der Waals surface area contributed by atoms with E-state index in [1.807, 2.05) is 12.3 Å². The molecule has 3 heteroatoms. The van der Waals surface area contributed by atoms with Gasteiger partial charge in [-0.05, 0) is 62.2 Å². The molecule has 0 spiro atoms. The molecule has 0 atom stereocenters. The van der Waals surface area contributed by atoms with Crippen molar-refractivity contribution in [1.82, 2.24) is 9.55 Å². The Morgan fingerprint density at radius 1 is 0.556 bits per heavy atom. The van der Waals surface area contributed by atoms with E-state index in [0.29, 0.717) is 0 Å². The van der Waals surface area contributed by atoms with Gasteiger partial charge in [0.2, 0.25) is 0 Å². The highest BCUT2D eigenvalue weighted by atomic mass is 28.3. The fourth-order valence-corrected chi connectivity index (χ4v) is 11.0. The second-order valence-corrected chi connectivity index (χ2v) is 13.0. The smallest absolute Gasteiger partial charge is 0.182 e. The van der Waals surface area contributed by atoms with E-state index in [9.17, 15) is 0 Å². The Morgan fingerprint density at radius 2 is 1.25 bits per heavy atom. The zero-order chi connectivity index (χ0) is 24.0. The highest BCUT2D eigenvalue weighted by molar-refractivity contribution is 7.22. The number of aromatic nitrogens is 2. The summed E-state index contributed by atoms with van der Waals surface area (Å²) in [6.45, 7) is 0. The zero-order valence-electron chi connectivity index (χ0n) is 19.8. The van der Waals surface area contributed by atoms with Crippen LogP contribution in [0.15, 0.2) is 146 Å². The standard InChI is InChI=1S/C33H24N2Si/c1-2-12-26(13-3-1)35-22-20-28(24-35)36(27-14-10-11-25(23-27)31-17-8-9-21-34-31)32-18-6-4-15-29(32)30-16-5-7-19-33(30)36/h1-24H. The van der Waals surface area contributed by atoms with E-state index in [-0.39, 0.29) is 0 Å². The van der Waals surface area contributed by atoms with Crippen LogP contribution in [0, 0.1) is 0 Å². The van der Waals surface area contributed by atoms with Crippen molar-refractivity contribution < 1.29 is 0 Å². The molecular weight excluding hydrogens is 452 g/mol. The second kappa shape index (κ2) is 8.33. The third-order valence-electron chi connectivity index (χ3n) is 7.39. The lowest BCUT2D eigenvalue weighted by molar-refractivity contribution is 1.08. The van der Waals surface area contributed by atoms with E-state index < -0.39 is 8.07 Å². The number of fused-ring (bicyclic) bond motifs is 3. The largest absolute Gasteiger partial charge is 0.324 e. The molecule has 36 heavy (non-hydrogen) atoms. The van der Waals surface area contributed by atoms with Crippen LogP contribution in [0.2, 0.25) is 0 Å². The predicted octanol–water partition coefficient (Wildman–Crippen LogP) is 4.90. The molecule has 0 saturated heterocycles. The highest BCUT2D eigenvalue weighted by Gasteiger charge is 2.49. The molecule has 0 fully saturated rings. The maximum absolute atomic E-state index is 4.66. The van der Waals surface area contributed by atoms with Crippen molar-refractivity contribution in [3.63, 3.8) is 0 Å². The lowest BCUT2D eigenvalue weighted by atomic mass is 10.1. The van der Waals surface area contributed by atoms with E-state index in [0.717, 1.165) is 11.3 Å². The molecule has 0 radical (unpaired) electrons. The van der Waals surface area contributed by atoms with Gasteiger partial charge in [0.1, 0.15) is 0 Å². The van der Waals surface area contributed by atoms with Gasteiger partial charge in [-0.2, -0.15) is 0 Å². The molecule has 0 saturated carbocycles. The summed E-state index contributed by atoms with van der Waals surface area (Å²) >= 11 is 0. The van der Waals surface area contributed by atoms with Crippen LogP contribution in [0.3, 0.4) is 0 Å². The summed E-state index contributed by atoms with van der Waals surface area (Å²) in [6, 6.07) is 46.2. The first kappa shape index (κ1) is 20.9. The van der Waals surface area contributed by atoms with Gasteiger partial charge < -0.3 is 4.57 Å². The second-order valence-electron chi connectivity index (χ2n) is 9.28. The Labute approximate surface area is 212 Å². The highest BCUT2D eigenvalue weighted by Crippen LogP contribution is 2.29. The molecule has 0 amide bonds. The molecular formula is C33H24N2Si. The van der Waals surface area contributed by atoms with E-state index in [2.05, 4.69) is 143 Å². The van der Waals surface area contributed by atoms with Gasteiger partial charge in [0.25, 0.3) is 0 Å². The SMILES string of the molecule is c1ccc(-n2ccc([Si]3(c4cccc(-c5ccccn5)c4)c4ccccc4-c4ccccc43)c2)cc1. The normalized spacial score (nSPS) is 13.2. The monoisotopic (exact) mass is 476 g/mol. The zero-order valence-corrected chi connectivity index (χ0v) is 20.8. The van der Waals surface area contributed by atoms with Gasteiger partial charge >= 0.3 is 0 Å². The number of benzene rings is 4. The Kier molecular flexibility index (Phi) is 4.83. The van der Waals surface area contributed by atoms with Crippen LogP contribution < -0.4 is 20.7 Å². The maximum atomic E-state index is 4.66. The Morgan fingerprint density at radius 3 is 1.97 bits per heavy atom. The molecule has 6 aromatic rings. The van der Waals surface area contributed by atoms with Gasteiger partial charge in [0, 0.05) is 29.8 Å². The average Bonchev–Trinajstić information content (AvgIpc) is 3.56. The number of para-hydroxylation sites is 1. The van der Waals surface area contributed by atoms with Gasteiger partial charge in [-0.3, -0.25) is 4.98 Å². The van der Waals surface area contributed by atoms with Gasteiger partial charge in [-0.25, -0.2) is 0 Å². The minimum Gasteiger partial charge on any atom is -0.324 e. The van der Waals surface area contributed by atoms with Gasteiger partial charge in [0.05, 0.1) is 5.69 Å².